The Morgan fingerprint density at radius 1 is 1.12 bits per heavy atom. The molecule has 0 radical (unpaired) electrons. The second kappa shape index (κ2) is 11.2. The van der Waals surface area contributed by atoms with Crippen LogP contribution < -0.4 is 15.0 Å². The average Bonchev–Trinajstić information content (AvgIpc) is 3.47. The quantitative estimate of drug-likeness (QED) is 0.277. The lowest BCUT2D eigenvalue weighted by atomic mass is 9.89. The third kappa shape index (κ3) is 6.90. The highest BCUT2D eigenvalue weighted by atomic mass is 16.6. The number of aromatic nitrogens is 4. The average molecular weight is 565 g/mol. The van der Waals surface area contributed by atoms with Crippen LogP contribution in [0.2, 0.25) is 0 Å². The number of furan rings is 1. The highest BCUT2D eigenvalue weighted by Gasteiger charge is 2.33. The van der Waals surface area contributed by atoms with E-state index in [4.69, 9.17) is 23.7 Å². The van der Waals surface area contributed by atoms with Crippen LogP contribution in [0.15, 0.2) is 41.1 Å². The number of hydrogen-bond acceptors (Lipinski definition) is 9. The van der Waals surface area contributed by atoms with Gasteiger partial charge in [-0.05, 0) is 66.7 Å². The molecule has 0 aliphatic heterocycles. The first-order valence-corrected chi connectivity index (χ1v) is 14.2. The lowest BCUT2D eigenvalue weighted by Crippen LogP contribution is -2.50. The summed E-state index contributed by atoms with van der Waals surface area (Å²) in [7, 11) is 0. The van der Waals surface area contributed by atoms with Crippen LogP contribution in [0, 0.1) is 0 Å². The second-order valence-electron chi connectivity index (χ2n) is 12.3. The first kappa shape index (κ1) is 28.7. The molecule has 5 rings (SSSR count). The van der Waals surface area contributed by atoms with Crippen molar-refractivity contribution in [1.82, 2.24) is 24.9 Å². The van der Waals surface area contributed by atoms with Gasteiger partial charge >= 0.3 is 6.09 Å². The molecule has 0 atom stereocenters. The molecule has 0 unspecified atom stereocenters. The van der Waals surface area contributed by atoms with Gasteiger partial charge in [0.1, 0.15) is 28.8 Å². The van der Waals surface area contributed by atoms with E-state index >= 15 is 0 Å². The van der Waals surface area contributed by atoms with E-state index in [0.29, 0.717) is 49.0 Å². The Kier molecular flexibility index (Phi) is 7.83. The fourth-order valence-corrected chi connectivity index (χ4v) is 4.71. The third-order valence-electron chi connectivity index (χ3n) is 6.70. The van der Waals surface area contributed by atoms with Gasteiger partial charge in [-0.3, -0.25) is 0 Å². The molecule has 220 valence electrons. The van der Waals surface area contributed by atoms with E-state index in [1.807, 2.05) is 39.0 Å². The molecule has 1 aliphatic rings. The number of fused-ring (bicyclic) bond motifs is 2. The van der Waals surface area contributed by atoms with E-state index < -0.39 is 11.7 Å². The number of rotatable bonds is 9. The summed E-state index contributed by atoms with van der Waals surface area (Å²) in [5, 5.41) is 8.50. The maximum atomic E-state index is 12.0. The number of pyridine rings is 1. The smallest absolute Gasteiger partial charge is 0.407 e. The Balaban J connectivity index is 1.30. The highest BCUT2D eigenvalue weighted by Crippen LogP contribution is 2.33. The topological polar surface area (TPSA) is 116 Å². The van der Waals surface area contributed by atoms with Crippen LogP contribution in [0.1, 0.15) is 61.3 Å². The van der Waals surface area contributed by atoms with Gasteiger partial charge in [-0.25, -0.2) is 19.3 Å². The van der Waals surface area contributed by atoms with E-state index in [1.165, 1.54) is 0 Å². The van der Waals surface area contributed by atoms with Crippen molar-refractivity contribution >= 4 is 28.5 Å². The lowest BCUT2D eigenvalue weighted by molar-refractivity contribution is 0.00137. The number of amides is 1. The van der Waals surface area contributed by atoms with Gasteiger partial charge in [0, 0.05) is 44.2 Å². The van der Waals surface area contributed by atoms with Gasteiger partial charge < -0.3 is 28.8 Å². The molecular weight excluding hydrogens is 524 g/mol. The third-order valence-corrected chi connectivity index (χ3v) is 6.70. The molecule has 0 saturated heterocycles. The van der Waals surface area contributed by atoms with Crippen molar-refractivity contribution in [2.45, 2.75) is 84.7 Å². The van der Waals surface area contributed by atoms with E-state index in [9.17, 15) is 4.79 Å². The van der Waals surface area contributed by atoms with Crippen LogP contribution in [0.5, 0.6) is 5.88 Å². The lowest BCUT2D eigenvalue weighted by Gasteiger charge is -2.35. The van der Waals surface area contributed by atoms with E-state index in [-0.39, 0.29) is 17.7 Å². The summed E-state index contributed by atoms with van der Waals surface area (Å²) in [6, 6.07) is 7.54. The minimum Gasteiger partial charge on any atom is -0.473 e. The number of carbonyl (C=O) groups excluding carboxylic acids is 1. The summed E-state index contributed by atoms with van der Waals surface area (Å²) in [5.41, 5.74) is 1.40. The van der Waals surface area contributed by atoms with Gasteiger partial charge in [-0.1, -0.05) is 0 Å². The number of likely N-dealkylation sites (N-methyl/N-ethyl adjacent to an activating group) is 1. The van der Waals surface area contributed by atoms with Gasteiger partial charge in [0.05, 0.1) is 23.8 Å². The number of alkyl carbamates (subject to hydrolysis) is 1. The standard InChI is InChI=1S/C30H40N6O5/c1-8-35(13-14-38-29(2,3)4)27-21-17-24(40-23(21)11-12-31-27)22-18-32-25-9-10-26(34-36(22)25)39-20-15-19(16-20)33-28(37)41-30(5,6)7/h9-12,17-20H,8,13-16H2,1-7H3,(H,33,37)/t19-,20-. The Bertz CT molecular complexity index is 1510. The Morgan fingerprint density at radius 3 is 2.61 bits per heavy atom. The Labute approximate surface area is 240 Å². The van der Waals surface area contributed by atoms with Crippen LogP contribution in [0.25, 0.3) is 28.1 Å². The van der Waals surface area contributed by atoms with Gasteiger partial charge in [0.2, 0.25) is 5.88 Å². The monoisotopic (exact) mass is 564 g/mol. The number of hydrogen-bond donors (Lipinski definition) is 1. The molecule has 1 N–H and O–H groups in total. The molecule has 4 aromatic rings. The molecule has 1 saturated carbocycles. The molecule has 1 aliphatic carbocycles. The summed E-state index contributed by atoms with van der Waals surface area (Å²) in [4.78, 5) is 23.4. The first-order chi connectivity index (χ1) is 19.4. The summed E-state index contributed by atoms with van der Waals surface area (Å²) in [6.07, 6.45) is 4.42. The normalized spacial score (nSPS) is 17.4. The summed E-state index contributed by atoms with van der Waals surface area (Å²) < 4.78 is 25.4. The number of anilines is 1. The van der Waals surface area contributed by atoms with Crippen LogP contribution in [0.3, 0.4) is 0 Å². The van der Waals surface area contributed by atoms with Crippen molar-refractivity contribution in [3.63, 3.8) is 0 Å². The molecule has 11 nitrogen and oxygen atoms in total. The Hall–Kier alpha value is -3.86. The molecule has 0 spiro atoms. The summed E-state index contributed by atoms with van der Waals surface area (Å²) >= 11 is 0. The maximum Gasteiger partial charge on any atom is 0.407 e. The number of carbonyl (C=O) groups is 1. The molecule has 1 amide bonds. The fourth-order valence-electron chi connectivity index (χ4n) is 4.71. The van der Waals surface area contributed by atoms with Crippen molar-refractivity contribution < 1.29 is 23.4 Å². The maximum absolute atomic E-state index is 12.0. The van der Waals surface area contributed by atoms with E-state index in [2.05, 4.69) is 47.9 Å². The predicted molar refractivity (Wildman–Crippen MR) is 156 cm³/mol. The van der Waals surface area contributed by atoms with Crippen LogP contribution in [-0.4, -0.2) is 68.7 Å². The molecule has 4 heterocycles. The molecule has 1 fully saturated rings. The number of imidazole rings is 1. The van der Waals surface area contributed by atoms with Gasteiger partial charge in [0.25, 0.3) is 0 Å². The van der Waals surface area contributed by atoms with E-state index in [1.54, 1.807) is 23.0 Å². The zero-order valence-electron chi connectivity index (χ0n) is 24.9. The molecule has 4 aromatic heterocycles. The Morgan fingerprint density at radius 2 is 1.90 bits per heavy atom. The van der Waals surface area contributed by atoms with Gasteiger partial charge in [-0.15, -0.1) is 5.10 Å². The van der Waals surface area contributed by atoms with Crippen molar-refractivity contribution in [3.8, 4) is 17.3 Å². The minimum atomic E-state index is -0.528. The minimum absolute atomic E-state index is 0.0171. The molecule has 41 heavy (non-hydrogen) atoms. The predicted octanol–water partition coefficient (Wildman–Crippen LogP) is 5.61. The fraction of sp³-hybridized carbons (Fsp3) is 0.533. The molecule has 0 aromatic carbocycles. The second-order valence-corrected chi connectivity index (χ2v) is 12.3. The largest absolute Gasteiger partial charge is 0.473 e. The summed E-state index contributed by atoms with van der Waals surface area (Å²) in [6.45, 7) is 15.9. The van der Waals surface area contributed by atoms with Crippen LogP contribution in [-0.2, 0) is 9.47 Å². The van der Waals surface area contributed by atoms with Crippen molar-refractivity contribution in [2.24, 2.45) is 0 Å². The van der Waals surface area contributed by atoms with Crippen molar-refractivity contribution in [1.29, 1.82) is 0 Å². The molecular formula is C30H40N6O5. The van der Waals surface area contributed by atoms with Crippen molar-refractivity contribution in [3.05, 3.63) is 36.7 Å². The summed E-state index contributed by atoms with van der Waals surface area (Å²) in [5.74, 6) is 1.97. The van der Waals surface area contributed by atoms with Crippen LogP contribution in [0.4, 0.5) is 10.6 Å². The number of nitrogens with one attached hydrogen (secondary N) is 1. The zero-order valence-corrected chi connectivity index (χ0v) is 24.9. The van der Waals surface area contributed by atoms with Crippen molar-refractivity contribution in [2.75, 3.05) is 24.6 Å². The number of nitrogens with zero attached hydrogens (tertiary/aromatic N) is 5. The molecule has 0 bridgehead atoms. The number of ether oxygens (including phenoxy) is 3. The van der Waals surface area contributed by atoms with Gasteiger partial charge in [0.15, 0.2) is 11.4 Å². The van der Waals surface area contributed by atoms with Gasteiger partial charge in [-0.2, -0.15) is 0 Å². The highest BCUT2D eigenvalue weighted by molar-refractivity contribution is 5.91. The SMILES string of the molecule is CCN(CCOC(C)(C)C)c1nccc2oc(-c3cnc4ccc(O[C@H]5C[C@H](NC(=O)OC(C)(C)C)C5)nn34)cc12. The first-order valence-electron chi connectivity index (χ1n) is 14.2. The zero-order chi connectivity index (χ0) is 29.4. The molecule has 11 heteroatoms. The van der Waals surface area contributed by atoms with E-state index in [0.717, 1.165) is 23.3 Å². The van der Waals surface area contributed by atoms with Crippen LogP contribution >= 0.6 is 0 Å².